The van der Waals surface area contributed by atoms with Crippen molar-refractivity contribution >= 4 is 28.2 Å². The summed E-state index contributed by atoms with van der Waals surface area (Å²) in [5.41, 5.74) is 5.85. The summed E-state index contributed by atoms with van der Waals surface area (Å²) in [6.45, 7) is 2.10. The summed E-state index contributed by atoms with van der Waals surface area (Å²) in [5.74, 6) is 0.827. The van der Waals surface area contributed by atoms with Crippen LogP contribution in [0.2, 0.25) is 0 Å². The fourth-order valence-corrected chi connectivity index (χ4v) is 3.51. The van der Waals surface area contributed by atoms with Gasteiger partial charge in [-0.15, -0.1) is 0 Å². The van der Waals surface area contributed by atoms with Gasteiger partial charge in [-0.3, -0.25) is 4.79 Å². The van der Waals surface area contributed by atoms with Crippen LogP contribution in [0, 0.1) is 5.92 Å². The number of nitrogens with zero attached hydrogens (tertiary/aromatic N) is 2. The van der Waals surface area contributed by atoms with E-state index in [-0.39, 0.29) is 11.9 Å². The number of nitrogens with two attached hydrogens (primary N) is 1. The van der Waals surface area contributed by atoms with Crippen molar-refractivity contribution in [2.75, 3.05) is 24.7 Å². The summed E-state index contributed by atoms with van der Waals surface area (Å²) in [5, 5.41) is 3.85. The first-order chi connectivity index (χ1) is 9.49. The quantitative estimate of drug-likeness (QED) is 0.895. The van der Waals surface area contributed by atoms with E-state index in [4.69, 9.17) is 5.73 Å². The van der Waals surface area contributed by atoms with Crippen molar-refractivity contribution in [2.24, 2.45) is 5.92 Å². The number of hydrogen-bond donors (Lipinski definition) is 2. The van der Waals surface area contributed by atoms with Crippen molar-refractivity contribution in [3.05, 3.63) is 4.88 Å². The van der Waals surface area contributed by atoms with Gasteiger partial charge in [0.1, 0.15) is 10.7 Å². The highest BCUT2D eigenvalue weighted by molar-refractivity contribution is 7.18. The Kier molecular flexibility index (Phi) is 4.86. The molecule has 1 aliphatic rings. The van der Waals surface area contributed by atoms with Gasteiger partial charge in [0.15, 0.2) is 5.13 Å². The van der Waals surface area contributed by atoms with Crippen molar-refractivity contribution < 1.29 is 4.79 Å². The average molecular weight is 296 g/mol. The molecule has 1 unspecified atom stereocenters. The van der Waals surface area contributed by atoms with E-state index in [1.165, 1.54) is 43.4 Å². The molecule has 1 aromatic heterocycles. The predicted octanol–water partition coefficient (Wildman–Crippen LogP) is 2.49. The normalized spacial score (nSPS) is 17.8. The Morgan fingerprint density at radius 3 is 2.60 bits per heavy atom. The summed E-state index contributed by atoms with van der Waals surface area (Å²) in [6, 6.07) is 0.201. The van der Waals surface area contributed by atoms with Gasteiger partial charge < -0.3 is 16.0 Å². The van der Waals surface area contributed by atoms with Gasteiger partial charge in [-0.2, -0.15) is 0 Å². The Bertz CT molecular complexity index is 466. The molecule has 1 aliphatic carbocycles. The Morgan fingerprint density at radius 1 is 1.40 bits per heavy atom. The van der Waals surface area contributed by atoms with Crippen LogP contribution in [0.25, 0.3) is 0 Å². The summed E-state index contributed by atoms with van der Waals surface area (Å²) >= 11 is 1.34. The minimum absolute atomic E-state index is 0.0915. The zero-order valence-corrected chi connectivity index (χ0v) is 13.3. The van der Waals surface area contributed by atoms with E-state index in [0.717, 1.165) is 5.13 Å². The largest absolute Gasteiger partial charge is 0.382 e. The van der Waals surface area contributed by atoms with E-state index < -0.39 is 0 Å². The zero-order chi connectivity index (χ0) is 14.7. The van der Waals surface area contributed by atoms with Gasteiger partial charge in [-0.1, -0.05) is 30.6 Å². The van der Waals surface area contributed by atoms with Crippen molar-refractivity contribution in [3.63, 3.8) is 0 Å². The molecule has 20 heavy (non-hydrogen) atoms. The Morgan fingerprint density at radius 2 is 2.05 bits per heavy atom. The highest BCUT2D eigenvalue weighted by Gasteiger charge is 2.24. The number of carbonyl (C=O) groups excluding carboxylic acids is 1. The molecular formula is C14H24N4OS. The lowest BCUT2D eigenvalue weighted by atomic mass is 9.84. The first-order valence-corrected chi connectivity index (χ1v) is 8.05. The summed E-state index contributed by atoms with van der Waals surface area (Å²) < 4.78 is 0. The molecule has 0 spiro atoms. The molecule has 0 radical (unpaired) electrons. The number of hydrogen-bond acceptors (Lipinski definition) is 5. The van der Waals surface area contributed by atoms with Gasteiger partial charge in [-0.25, -0.2) is 4.98 Å². The molecule has 5 nitrogen and oxygen atoms in total. The van der Waals surface area contributed by atoms with Gasteiger partial charge in [0, 0.05) is 20.1 Å². The van der Waals surface area contributed by atoms with Gasteiger partial charge in [-0.05, 0) is 25.7 Å². The fourth-order valence-electron chi connectivity index (χ4n) is 2.70. The number of carbonyl (C=O) groups is 1. The number of amides is 1. The van der Waals surface area contributed by atoms with Crippen LogP contribution in [0.4, 0.5) is 10.9 Å². The number of nitrogen functional groups attached to an aromatic ring is 1. The molecule has 112 valence electrons. The second kappa shape index (κ2) is 6.43. The van der Waals surface area contributed by atoms with Gasteiger partial charge >= 0.3 is 0 Å². The molecule has 1 atom stereocenters. The van der Waals surface area contributed by atoms with E-state index in [1.54, 1.807) is 0 Å². The smallest absolute Gasteiger partial charge is 0.265 e. The standard InChI is InChI=1S/C14H24N4OS/c1-9(10-7-5-4-6-8-10)16-13(19)11-12(15)17-14(20-11)18(2)3/h9-10H,4-8,15H2,1-3H3,(H,16,19). The summed E-state index contributed by atoms with van der Waals surface area (Å²) in [7, 11) is 3.79. The van der Waals surface area contributed by atoms with Gasteiger partial charge in [0.05, 0.1) is 0 Å². The predicted molar refractivity (Wildman–Crippen MR) is 84.4 cm³/mol. The van der Waals surface area contributed by atoms with Crippen LogP contribution in [-0.4, -0.2) is 31.0 Å². The topological polar surface area (TPSA) is 71.2 Å². The lowest BCUT2D eigenvalue weighted by Gasteiger charge is -2.28. The molecule has 2 rings (SSSR count). The SMILES string of the molecule is CC(NC(=O)c1sc(N(C)C)nc1N)C1CCCCC1. The molecule has 1 aromatic rings. The molecule has 6 heteroatoms. The number of anilines is 2. The second-order valence-corrected chi connectivity index (χ2v) is 6.74. The van der Waals surface area contributed by atoms with Crippen LogP contribution in [0.3, 0.4) is 0 Å². The number of aromatic nitrogens is 1. The molecular weight excluding hydrogens is 272 g/mol. The highest BCUT2D eigenvalue weighted by Crippen LogP contribution is 2.29. The molecule has 0 saturated heterocycles. The average Bonchev–Trinajstić information content (AvgIpc) is 2.82. The van der Waals surface area contributed by atoms with Crippen LogP contribution >= 0.6 is 11.3 Å². The molecule has 1 heterocycles. The highest BCUT2D eigenvalue weighted by atomic mass is 32.1. The van der Waals surface area contributed by atoms with Crippen LogP contribution in [-0.2, 0) is 0 Å². The molecule has 0 aliphatic heterocycles. The number of thiazole rings is 1. The molecule has 1 fully saturated rings. The van der Waals surface area contributed by atoms with Crippen LogP contribution < -0.4 is 16.0 Å². The molecule has 1 saturated carbocycles. The van der Waals surface area contributed by atoms with Crippen molar-refractivity contribution in [3.8, 4) is 0 Å². The molecule has 0 aromatic carbocycles. The molecule has 1 amide bonds. The minimum Gasteiger partial charge on any atom is -0.382 e. The van der Waals surface area contributed by atoms with E-state index in [9.17, 15) is 4.79 Å². The molecule has 3 N–H and O–H groups in total. The first-order valence-electron chi connectivity index (χ1n) is 7.23. The van der Waals surface area contributed by atoms with Crippen molar-refractivity contribution in [1.29, 1.82) is 0 Å². The van der Waals surface area contributed by atoms with Crippen molar-refractivity contribution in [2.45, 2.75) is 45.1 Å². The Labute approximate surface area is 124 Å². The number of rotatable bonds is 4. The number of nitrogens with one attached hydrogen (secondary N) is 1. The Hall–Kier alpha value is -1.30. The van der Waals surface area contributed by atoms with Crippen molar-refractivity contribution in [1.82, 2.24) is 10.3 Å². The second-order valence-electron chi connectivity index (χ2n) is 5.77. The van der Waals surface area contributed by atoms with Crippen LogP contribution in [0.1, 0.15) is 48.7 Å². The zero-order valence-electron chi connectivity index (χ0n) is 12.5. The monoisotopic (exact) mass is 296 g/mol. The van der Waals surface area contributed by atoms with E-state index in [1.807, 2.05) is 19.0 Å². The fraction of sp³-hybridized carbons (Fsp3) is 0.714. The minimum atomic E-state index is -0.0915. The van der Waals surface area contributed by atoms with Gasteiger partial charge in [0.25, 0.3) is 5.91 Å². The lowest BCUT2D eigenvalue weighted by Crippen LogP contribution is -2.38. The third kappa shape index (κ3) is 3.42. The summed E-state index contributed by atoms with van der Waals surface area (Å²) in [4.78, 5) is 18.9. The third-order valence-corrected chi connectivity index (χ3v) is 5.18. The maximum atomic E-state index is 12.3. The summed E-state index contributed by atoms with van der Waals surface area (Å²) in [6.07, 6.45) is 6.30. The van der Waals surface area contributed by atoms with E-state index >= 15 is 0 Å². The third-order valence-electron chi connectivity index (χ3n) is 3.95. The molecule has 0 bridgehead atoms. The lowest BCUT2D eigenvalue weighted by molar-refractivity contribution is 0.0924. The van der Waals surface area contributed by atoms with Crippen LogP contribution in [0.15, 0.2) is 0 Å². The first kappa shape index (κ1) is 15.1. The maximum Gasteiger partial charge on any atom is 0.265 e. The van der Waals surface area contributed by atoms with E-state index in [0.29, 0.717) is 16.6 Å². The Balaban J connectivity index is 2.00. The van der Waals surface area contributed by atoms with Gasteiger partial charge in [0.2, 0.25) is 0 Å². The van der Waals surface area contributed by atoms with E-state index in [2.05, 4.69) is 17.2 Å². The van der Waals surface area contributed by atoms with Crippen LogP contribution in [0.5, 0.6) is 0 Å². The maximum absolute atomic E-state index is 12.3.